The SMILES string of the molecule is Cc1nn2c(-c3ccc(S(=O)(=O)NCc4ccco4)o3)nnc2c2ccccc12. The number of fused-ring (bicyclic) bond motifs is 3. The standard InChI is InChI=1S/C19H15N5O4S/c1-12-14-6-2-3-7-15(14)18-21-22-19(24(18)23-12)16-8-9-17(28-16)29(25,26)20-11-13-5-4-10-27-13/h2-10,20H,11H2,1H3. The first-order chi connectivity index (χ1) is 14.0. The van der Waals surface area contributed by atoms with Crippen LogP contribution in [0, 0.1) is 6.92 Å². The largest absolute Gasteiger partial charge is 0.468 e. The molecule has 5 aromatic rings. The van der Waals surface area contributed by atoms with Gasteiger partial charge in [0, 0.05) is 10.8 Å². The van der Waals surface area contributed by atoms with E-state index in [1.807, 2.05) is 31.2 Å². The van der Waals surface area contributed by atoms with Crippen LogP contribution in [0.5, 0.6) is 0 Å². The molecule has 0 aliphatic rings. The number of aromatic nitrogens is 4. The molecule has 0 saturated carbocycles. The molecule has 0 amide bonds. The molecule has 0 aliphatic carbocycles. The zero-order valence-electron chi connectivity index (χ0n) is 15.2. The van der Waals surface area contributed by atoms with Crippen molar-refractivity contribution in [1.82, 2.24) is 24.5 Å². The molecule has 146 valence electrons. The van der Waals surface area contributed by atoms with E-state index < -0.39 is 10.0 Å². The van der Waals surface area contributed by atoms with E-state index in [2.05, 4.69) is 20.0 Å². The maximum Gasteiger partial charge on any atom is 0.274 e. The molecule has 0 unspecified atom stereocenters. The van der Waals surface area contributed by atoms with Crippen molar-refractivity contribution < 1.29 is 17.3 Å². The van der Waals surface area contributed by atoms with Crippen molar-refractivity contribution in [1.29, 1.82) is 0 Å². The number of rotatable bonds is 5. The monoisotopic (exact) mass is 409 g/mol. The van der Waals surface area contributed by atoms with Gasteiger partial charge in [-0.15, -0.1) is 10.2 Å². The van der Waals surface area contributed by atoms with E-state index in [1.165, 1.54) is 18.4 Å². The zero-order valence-corrected chi connectivity index (χ0v) is 16.0. The second-order valence-corrected chi connectivity index (χ2v) is 8.11. The predicted octanol–water partition coefficient (Wildman–Crippen LogP) is 2.92. The van der Waals surface area contributed by atoms with Gasteiger partial charge in [0.05, 0.1) is 18.5 Å². The van der Waals surface area contributed by atoms with Crippen molar-refractivity contribution in [2.75, 3.05) is 0 Å². The summed E-state index contributed by atoms with van der Waals surface area (Å²) in [5.41, 5.74) is 1.37. The molecule has 0 aliphatic heterocycles. The Kier molecular flexibility index (Phi) is 3.96. The lowest BCUT2D eigenvalue weighted by atomic mass is 10.1. The third-order valence-electron chi connectivity index (χ3n) is 4.53. The summed E-state index contributed by atoms with van der Waals surface area (Å²) in [7, 11) is -3.86. The number of hydrogen-bond donors (Lipinski definition) is 1. The topological polar surface area (TPSA) is 116 Å². The minimum Gasteiger partial charge on any atom is -0.468 e. The summed E-state index contributed by atoms with van der Waals surface area (Å²) in [4.78, 5) is 0. The predicted molar refractivity (Wildman–Crippen MR) is 103 cm³/mol. The molecule has 4 heterocycles. The van der Waals surface area contributed by atoms with Crippen molar-refractivity contribution >= 4 is 26.4 Å². The van der Waals surface area contributed by atoms with Gasteiger partial charge in [-0.05, 0) is 31.2 Å². The molecule has 0 saturated heterocycles. The fourth-order valence-electron chi connectivity index (χ4n) is 3.13. The summed E-state index contributed by atoms with van der Waals surface area (Å²) < 4.78 is 39.7. The molecule has 29 heavy (non-hydrogen) atoms. The van der Waals surface area contributed by atoms with Gasteiger partial charge in [-0.3, -0.25) is 0 Å². The van der Waals surface area contributed by atoms with Gasteiger partial charge >= 0.3 is 0 Å². The molecule has 0 bridgehead atoms. The Morgan fingerprint density at radius 3 is 2.66 bits per heavy atom. The molecule has 10 heteroatoms. The number of hydrogen-bond acceptors (Lipinski definition) is 7. The van der Waals surface area contributed by atoms with Crippen LogP contribution in [0.3, 0.4) is 0 Å². The molecule has 5 rings (SSSR count). The first-order valence-corrected chi connectivity index (χ1v) is 10.2. The molecule has 1 aromatic carbocycles. The highest BCUT2D eigenvalue weighted by Gasteiger charge is 2.22. The molecule has 0 atom stereocenters. The Morgan fingerprint density at radius 2 is 1.86 bits per heavy atom. The summed E-state index contributed by atoms with van der Waals surface area (Å²) in [6.45, 7) is 1.91. The molecule has 4 aromatic heterocycles. The smallest absolute Gasteiger partial charge is 0.274 e. The molecular weight excluding hydrogens is 394 g/mol. The third kappa shape index (κ3) is 2.98. The summed E-state index contributed by atoms with van der Waals surface area (Å²) in [6, 6.07) is 14.0. The number of benzene rings is 1. The highest BCUT2D eigenvalue weighted by molar-refractivity contribution is 7.89. The highest BCUT2D eigenvalue weighted by atomic mass is 32.2. The van der Waals surface area contributed by atoms with Gasteiger partial charge in [-0.2, -0.15) is 9.61 Å². The molecule has 1 N–H and O–H groups in total. The van der Waals surface area contributed by atoms with Gasteiger partial charge in [-0.25, -0.2) is 13.1 Å². The van der Waals surface area contributed by atoms with Crippen LogP contribution in [0.25, 0.3) is 28.0 Å². The average Bonchev–Trinajstić information content (AvgIpc) is 3.46. The molecule has 0 fully saturated rings. The third-order valence-corrected chi connectivity index (χ3v) is 5.81. The van der Waals surface area contributed by atoms with E-state index in [-0.39, 0.29) is 17.4 Å². The van der Waals surface area contributed by atoms with Gasteiger partial charge in [0.15, 0.2) is 11.4 Å². The van der Waals surface area contributed by atoms with Crippen LogP contribution in [0.4, 0.5) is 0 Å². The Hall–Kier alpha value is -3.50. The fraction of sp³-hybridized carbons (Fsp3) is 0.105. The maximum atomic E-state index is 12.5. The number of sulfonamides is 1. The quantitative estimate of drug-likeness (QED) is 0.474. The van der Waals surface area contributed by atoms with Gasteiger partial charge in [-0.1, -0.05) is 24.3 Å². The maximum absolute atomic E-state index is 12.5. The molecule has 0 radical (unpaired) electrons. The number of aryl methyl sites for hydroxylation is 1. The first-order valence-electron chi connectivity index (χ1n) is 8.76. The van der Waals surface area contributed by atoms with Crippen LogP contribution in [0.1, 0.15) is 11.5 Å². The van der Waals surface area contributed by atoms with Gasteiger partial charge < -0.3 is 8.83 Å². The average molecular weight is 409 g/mol. The molecule has 9 nitrogen and oxygen atoms in total. The molecular formula is C19H15N5O4S. The minimum atomic E-state index is -3.86. The lowest BCUT2D eigenvalue weighted by Gasteiger charge is -2.04. The normalized spacial score (nSPS) is 12.2. The van der Waals surface area contributed by atoms with Crippen LogP contribution in [-0.4, -0.2) is 28.2 Å². The van der Waals surface area contributed by atoms with Gasteiger partial charge in [0.25, 0.3) is 10.0 Å². The van der Waals surface area contributed by atoms with Crippen LogP contribution < -0.4 is 4.72 Å². The number of furan rings is 2. The van der Waals surface area contributed by atoms with Crippen molar-refractivity contribution in [3.05, 3.63) is 66.2 Å². The second kappa shape index (κ2) is 6.54. The van der Waals surface area contributed by atoms with Crippen molar-refractivity contribution in [3.8, 4) is 11.6 Å². The fourth-order valence-corrected chi connectivity index (χ4v) is 4.05. The van der Waals surface area contributed by atoms with Gasteiger partial charge in [0.2, 0.25) is 10.9 Å². The Labute approximate surface area is 165 Å². The Morgan fingerprint density at radius 1 is 1.03 bits per heavy atom. The van der Waals surface area contributed by atoms with Crippen molar-refractivity contribution in [2.45, 2.75) is 18.6 Å². The first kappa shape index (κ1) is 17.6. The minimum absolute atomic E-state index is 0.0198. The van der Waals surface area contributed by atoms with Crippen LogP contribution in [0.15, 0.2) is 68.7 Å². The second-order valence-electron chi connectivity index (χ2n) is 6.41. The van der Waals surface area contributed by atoms with Crippen molar-refractivity contribution in [2.24, 2.45) is 0 Å². The van der Waals surface area contributed by atoms with E-state index in [4.69, 9.17) is 8.83 Å². The van der Waals surface area contributed by atoms with E-state index in [9.17, 15) is 8.42 Å². The van der Waals surface area contributed by atoms with Crippen LogP contribution in [0.2, 0.25) is 0 Å². The summed E-state index contributed by atoms with van der Waals surface area (Å²) in [6.07, 6.45) is 1.48. The Bertz CT molecular complexity index is 1430. The number of nitrogens with zero attached hydrogens (tertiary/aromatic N) is 4. The zero-order chi connectivity index (χ0) is 20.0. The Balaban J connectivity index is 1.53. The number of nitrogens with one attached hydrogen (secondary N) is 1. The van der Waals surface area contributed by atoms with Gasteiger partial charge in [0.1, 0.15) is 5.76 Å². The lowest BCUT2D eigenvalue weighted by Crippen LogP contribution is -2.22. The van der Waals surface area contributed by atoms with E-state index in [0.717, 1.165) is 16.5 Å². The lowest BCUT2D eigenvalue weighted by molar-refractivity contribution is 0.448. The van der Waals surface area contributed by atoms with E-state index >= 15 is 0 Å². The highest BCUT2D eigenvalue weighted by Crippen LogP contribution is 2.27. The van der Waals surface area contributed by atoms with Crippen LogP contribution >= 0.6 is 0 Å². The molecule has 0 spiro atoms. The summed E-state index contributed by atoms with van der Waals surface area (Å²) in [5.74, 6) is 1.06. The van der Waals surface area contributed by atoms with E-state index in [0.29, 0.717) is 17.2 Å². The van der Waals surface area contributed by atoms with Crippen molar-refractivity contribution in [3.63, 3.8) is 0 Å². The summed E-state index contributed by atoms with van der Waals surface area (Å²) in [5, 5.41) is 14.6. The van der Waals surface area contributed by atoms with Crippen LogP contribution in [-0.2, 0) is 16.6 Å². The summed E-state index contributed by atoms with van der Waals surface area (Å²) >= 11 is 0. The van der Waals surface area contributed by atoms with E-state index in [1.54, 1.807) is 16.6 Å².